The van der Waals surface area contributed by atoms with E-state index in [1.54, 1.807) is 4.90 Å². The minimum atomic E-state index is -0.599. The molecule has 128 valence electrons. The number of nitrogens with one attached hydrogen (secondary N) is 2. The Balaban J connectivity index is 1.62. The molecular weight excluding hydrogens is 314 g/mol. The van der Waals surface area contributed by atoms with E-state index in [0.29, 0.717) is 19.6 Å². The lowest BCUT2D eigenvalue weighted by Crippen LogP contribution is -2.40. The molecule has 0 fully saturated rings. The van der Waals surface area contributed by atoms with Crippen LogP contribution in [0, 0.1) is 0 Å². The number of carbonyl (C=O) groups is 2. The highest BCUT2D eigenvalue weighted by molar-refractivity contribution is 5.94. The van der Waals surface area contributed by atoms with Gasteiger partial charge in [-0.25, -0.2) is 0 Å². The fourth-order valence-corrected chi connectivity index (χ4v) is 3.04. The summed E-state index contributed by atoms with van der Waals surface area (Å²) in [5, 5.41) is 6.16. The third kappa shape index (κ3) is 3.71. The SMILES string of the molecule is C=CC(=O)N1Cc2ccccc2C1C(=O)NCCNc1ccccc1. The first-order chi connectivity index (χ1) is 12.2. The maximum atomic E-state index is 12.7. The van der Waals surface area contributed by atoms with Crippen molar-refractivity contribution in [2.24, 2.45) is 0 Å². The van der Waals surface area contributed by atoms with Crippen molar-refractivity contribution >= 4 is 17.5 Å². The van der Waals surface area contributed by atoms with Gasteiger partial charge in [-0.05, 0) is 29.3 Å². The van der Waals surface area contributed by atoms with E-state index in [1.165, 1.54) is 6.08 Å². The molecule has 2 aromatic carbocycles. The van der Waals surface area contributed by atoms with Gasteiger partial charge in [0.25, 0.3) is 0 Å². The predicted molar refractivity (Wildman–Crippen MR) is 97.9 cm³/mol. The number of anilines is 1. The first kappa shape index (κ1) is 16.8. The zero-order chi connectivity index (χ0) is 17.6. The third-order valence-electron chi connectivity index (χ3n) is 4.24. The van der Waals surface area contributed by atoms with Gasteiger partial charge in [-0.3, -0.25) is 9.59 Å². The second-order valence-corrected chi connectivity index (χ2v) is 5.86. The lowest BCUT2D eigenvalue weighted by molar-refractivity contribution is -0.136. The first-order valence-electron chi connectivity index (χ1n) is 8.28. The number of carbonyl (C=O) groups excluding carboxylic acids is 2. The molecule has 0 saturated carbocycles. The van der Waals surface area contributed by atoms with E-state index in [1.807, 2.05) is 54.6 Å². The van der Waals surface area contributed by atoms with Crippen LogP contribution in [0.4, 0.5) is 5.69 Å². The van der Waals surface area contributed by atoms with Crippen molar-refractivity contribution in [3.05, 3.63) is 78.4 Å². The Morgan fingerprint density at radius 1 is 1.08 bits per heavy atom. The van der Waals surface area contributed by atoms with Crippen LogP contribution in [0.15, 0.2) is 67.3 Å². The molecule has 2 N–H and O–H groups in total. The summed E-state index contributed by atoms with van der Waals surface area (Å²) in [6.07, 6.45) is 1.25. The van der Waals surface area contributed by atoms with Gasteiger partial charge in [0.2, 0.25) is 11.8 Å². The molecule has 1 aliphatic heterocycles. The molecule has 2 amide bonds. The van der Waals surface area contributed by atoms with Crippen molar-refractivity contribution in [3.8, 4) is 0 Å². The van der Waals surface area contributed by atoms with Gasteiger partial charge in [-0.15, -0.1) is 0 Å². The van der Waals surface area contributed by atoms with Crippen LogP contribution in [0.2, 0.25) is 0 Å². The number of benzene rings is 2. The summed E-state index contributed by atoms with van der Waals surface area (Å²) >= 11 is 0. The van der Waals surface area contributed by atoms with Gasteiger partial charge in [0.05, 0.1) is 0 Å². The van der Waals surface area contributed by atoms with E-state index in [0.717, 1.165) is 16.8 Å². The average molecular weight is 335 g/mol. The van der Waals surface area contributed by atoms with Crippen LogP contribution < -0.4 is 10.6 Å². The quantitative estimate of drug-likeness (QED) is 0.630. The van der Waals surface area contributed by atoms with Gasteiger partial charge >= 0.3 is 0 Å². The molecule has 5 nitrogen and oxygen atoms in total. The summed E-state index contributed by atoms with van der Waals surface area (Å²) in [6, 6.07) is 16.9. The van der Waals surface area contributed by atoms with E-state index < -0.39 is 6.04 Å². The lowest BCUT2D eigenvalue weighted by Gasteiger charge is -2.23. The number of nitrogens with zero attached hydrogens (tertiary/aromatic N) is 1. The van der Waals surface area contributed by atoms with Crippen LogP contribution in [0.3, 0.4) is 0 Å². The van der Waals surface area contributed by atoms with E-state index in [9.17, 15) is 9.59 Å². The lowest BCUT2D eigenvalue weighted by atomic mass is 10.0. The summed E-state index contributed by atoms with van der Waals surface area (Å²) in [4.78, 5) is 26.4. The molecule has 0 radical (unpaired) electrons. The molecule has 1 atom stereocenters. The fourth-order valence-electron chi connectivity index (χ4n) is 3.04. The van der Waals surface area contributed by atoms with E-state index >= 15 is 0 Å². The molecule has 3 rings (SSSR count). The van der Waals surface area contributed by atoms with Gasteiger partial charge in [0.1, 0.15) is 6.04 Å². The standard InChI is InChI=1S/C20H21N3O2/c1-2-18(24)23-14-15-8-6-7-11-17(15)19(23)20(25)22-13-12-21-16-9-4-3-5-10-16/h2-11,19,21H,1,12-14H2,(H,22,25). The largest absolute Gasteiger partial charge is 0.383 e. The molecule has 25 heavy (non-hydrogen) atoms. The Bertz CT molecular complexity index is 774. The van der Waals surface area contributed by atoms with Crippen molar-refractivity contribution in [3.63, 3.8) is 0 Å². The van der Waals surface area contributed by atoms with Crippen LogP contribution >= 0.6 is 0 Å². The van der Waals surface area contributed by atoms with Gasteiger partial charge < -0.3 is 15.5 Å². The Kier molecular flexibility index (Phi) is 5.14. The second kappa shape index (κ2) is 7.66. The average Bonchev–Trinajstić information content (AvgIpc) is 3.05. The minimum absolute atomic E-state index is 0.171. The van der Waals surface area contributed by atoms with Crippen molar-refractivity contribution in [1.29, 1.82) is 0 Å². The smallest absolute Gasteiger partial charge is 0.247 e. The highest BCUT2D eigenvalue weighted by Crippen LogP contribution is 2.33. The van der Waals surface area contributed by atoms with Crippen molar-refractivity contribution in [2.75, 3.05) is 18.4 Å². The van der Waals surface area contributed by atoms with Gasteiger partial charge in [0, 0.05) is 25.3 Å². The number of amides is 2. The van der Waals surface area contributed by atoms with Crippen LogP contribution in [-0.2, 0) is 16.1 Å². The zero-order valence-corrected chi connectivity index (χ0v) is 13.9. The highest BCUT2D eigenvalue weighted by Gasteiger charge is 2.37. The number of fused-ring (bicyclic) bond motifs is 1. The number of para-hydroxylation sites is 1. The molecule has 0 saturated heterocycles. The molecule has 0 aliphatic carbocycles. The van der Waals surface area contributed by atoms with Crippen molar-refractivity contribution in [1.82, 2.24) is 10.2 Å². The van der Waals surface area contributed by atoms with Gasteiger partial charge in [-0.2, -0.15) is 0 Å². The van der Waals surface area contributed by atoms with Crippen molar-refractivity contribution < 1.29 is 9.59 Å². The summed E-state index contributed by atoms with van der Waals surface area (Å²) < 4.78 is 0. The second-order valence-electron chi connectivity index (χ2n) is 5.86. The summed E-state index contributed by atoms with van der Waals surface area (Å²) in [7, 11) is 0. The topological polar surface area (TPSA) is 61.4 Å². The number of hydrogen-bond donors (Lipinski definition) is 2. The minimum Gasteiger partial charge on any atom is -0.383 e. The molecule has 2 aromatic rings. The molecule has 0 aromatic heterocycles. The summed E-state index contributed by atoms with van der Waals surface area (Å²) in [6.45, 7) is 5.06. The normalized spacial score (nSPS) is 15.4. The molecule has 1 aliphatic rings. The van der Waals surface area contributed by atoms with Crippen LogP contribution in [0.1, 0.15) is 17.2 Å². The fraction of sp³-hybridized carbons (Fsp3) is 0.200. The Morgan fingerprint density at radius 3 is 2.56 bits per heavy atom. The molecule has 1 heterocycles. The van der Waals surface area contributed by atoms with E-state index in [-0.39, 0.29) is 11.8 Å². The molecule has 0 spiro atoms. The van der Waals surface area contributed by atoms with Crippen molar-refractivity contribution in [2.45, 2.75) is 12.6 Å². The third-order valence-corrected chi connectivity index (χ3v) is 4.24. The molecule has 0 bridgehead atoms. The molecule has 1 unspecified atom stereocenters. The predicted octanol–water partition coefficient (Wildman–Crippen LogP) is 2.48. The number of rotatable bonds is 6. The van der Waals surface area contributed by atoms with Crippen LogP contribution in [0.5, 0.6) is 0 Å². The zero-order valence-electron chi connectivity index (χ0n) is 13.9. The first-order valence-corrected chi connectivity index (χ1v) is 8.28. The van der Waals surface area contributed by atoms with E-state index in [2.05, 4.69) is 17.2 Å². The number of hydrogen-bond acceptors (Lipinski definition) is 3. The van der Waals surface area contributed by atoms with E-state index in [4.69, 9.17) is 0 Å². The maximum Gasteiger partial charge on any atom is 0.247 e. The maximum absolute atomic E-state index is 12.7. The van der Waals surface area contributed by atoms with Gasteiger partial charge in [0.15, 0.2) is 0 Å². The summed E-state index contributed by atoms with van der Waals surface area (Å²) in [5.74, 6) is -0.409. The molecule has 5 heteroatoms. The van der Waals surface area contributed by atoms with Crippen LogP contribution in [0.25, 0.3) is 0 Å². The van der Waals surface area contributed by atoms with Crippen LogP contribution in [-0.4, -0.2) is 29.8 Å². The summed E-state index contributed by atoms with van der Waals surface area (Å²) in [5.41, 5.74) is 2.89. The van der Waals surface area contributed by atoms with Gasteiger partial charge in [-0.1, -0.05) is 49.0 Å². The monoisotopic (exact) mass is 335 g/mol. The Labute approximate surface area is 147 Å². The Hall–Kier alpha value is -3.08. The molecular formula is C20H21N3O2. The Morgan fingerprint density at radius 2 is 1.80 bits per heavy atom. The highest BCUT2D eigenvalue weighted by atomic mass is 16.2.